The predicted molar refractivity (Wildman–Crippen MR) is 76.1 cm³/mol. The van der Waals surface area contributed by atoms with Crippen LogP contribution in [0.25, 0.3) is 0 Å². The first-order chi connectivity index (χ1) is 9.65. The van der Waals surface area contributed by atoms with Gasteiger partial charge in [0, 0.05) is 24.6 Å². The summed E-state index contributed by atoms with van der Waals surface area (Å²) in [5.41, 5.74) is 2.03. The Kier molecular flexibility index (Phi) is 3.27. The lowest BCUT2D eigenvalue weighted by atomic mass is 10.0. The zero-order valence-electron chi connectivity index (χ0n) is 10.7. The second-order valence-electron chi connectivity index (χ2n) is 4.53. The fourth-order valence-corrected chi connectivity index (χ4v) is 3.16. The van der Waals surface area contributed by atoms with E-state index in [1.165, 1.54) is 12.4 Å². The Labute approximate surface area is 117 Å². The topological polar surface area (TPSA) is 84.0 Å². The van der Waals surface area contributed by atoms with Crippen molar-refractivity contribution in [3.63, 3.8) is 0 Å². The first kappa shape index (κ1) is 12.9. The number of nitrogens with one attached hydrogen (secondary N) is 2. The molecule has 2 N–H and O–H groups in total. The van der Waals surface area contributed by atoms with Crippen LogP contribution in [0.5, 0.6) is 0 Å². The van der Waals surface area contributed by atoms with Crippen LogP contribution in [0.3, 0.4) is 0 Å². The molecule has 1 aromatic heterocycles. The molecule has 20 heavy (non-hydrogen) atoms. The van der Waals surface area contributed by atoms with Crippen LogP contribution in [0.15, 0.2) is 41.6 Å². The summed E-state index contributed by atoms with van der Waals surface area (Å²) in [6, 6.07) is 6.71. The molecule has 0 radical (unpaired) electrons. The molecule has 3 rings (SSSR count). The van der Waals surface area contributed by atoms with Crippen LogP contribution < -0.4 is 10.0 Å². The van der Waals surface area contributed by atoms with E-state index in [0.717, 1.165) is 30.6 Å². The molecular weight excluding hydrogens is 276 g/mol. The standard InChI is InChI=1S/C13H14N4O2S/c18-20(19,17-13-15-7-2-8-16-13)11-4-5-12-10(9-11)3-1-6-14-12/h2,4-5,7-9,14H,1,3,6H2,(H,15,16,17). The highest BCUT2D eigenvalue weighted by atomic mass is 32.2. The predicted octanol–water partition coefficient (Wildman–Crippen LogP) is 1.64. The van der Waals surface area contributed by atoms with Gasteiger partial charge in [0.25, 0.3) is 10.0 Å². The molecule has 0 fully saturated rings. The number of benzene rings is 1. The maximum absolute atomic E-state index is 12.3. The van der Waals surface area contributed by atoms with E-state index >= 15 is 0 Å². The average molecular weight is 290 g/mol. The van der Waals surface area contributed by atoms with Gasteiger partial charge < -0.3 is 5.32 Å². The van der Waals surface area contributed by atoms with Gasteiger partial charge >= 0.3 is 0 Å². The minimum absolute atomic E-state index is 0.0725. The van der Waals surface area contributed by atoms with E-state index in [9.17, 15) is 8.42 Å². The van der Waals surface area contributed by atoms with Crippen molar-refractivity contribution in [3.8, 4) is 0 Å². The van der Waals surface area contributed by atoms with E-state index in [-0.39, 0.29) is 10.8 Å². The van der Waals surface area contributed by atoms with E-state index in [1.807, 2.05) is 0 Å². The third-order valence-electron chi connectivity index (χ3n) is 3.12. The Hall–Kier alpha value is -2.15. The van der Waals surface area contributed by atoms with Crippen LogP contribution in [-0.4, -0.2) is 24.9 Å². The van der Waals surface area contributed by atoms with Crippen LogP contribution in [-0.2, 0) is 16.4 Å². The number of aryl methyl sites for hydroxylation is 1. The van der Waals surface area contributed by atoms with Gasteiger partial charge in [0.2, 0.25) is 5.95 Å². The van der Waals surface area contributed by atoms with Crippen molar-refractivity contribution in [1.29, 1.82) is 0 Å². The van der Waals surface area contributed by atoms with Crippen molar-refractivity contribution in [1.82, 2.24) is 9.97 Å². The van der Waals surface area contributed by atoms with Crippen molar-refractivity contribution < 1.29 is 8.42 Å². The van der Waals surface area contributed by atoms with Gasteiger partial charge in [-0.25, -0.2) is 23.1 Å². The fourth-order valence-electron chi connectivity index (χ4n) is 2.15. The first-order valence-corrected chi connectivity index (χ1v) is 7.80. The minimum atomic E-state index is -3.65. The van der Waals surface area contributed by atoms with Crippen molar-refractivity contribution in [2.45, 2.75) is 17.7 Å². The highest BCUT2D eigenvalue weighted by Gasteiger charge is 2.18. The van der Waals surface area contributed by atoms with Crippen molar-refractivity contribution in [2.75, 3.05) is 16.6 Å². The van der Waals surface area contributed by atoms with Gasteiger partial charge in [0.05, 0.1) is 4.90 Å². The first-order valence-electron chi connectivity index (χ1n) is 6.32. The molecule has 1 aliphatic heterocycles. The number of hydrogen-bond donors (Lipinski definition) is 2. The zero-order chi connectivity index (χ0) is 14.0. The Morgan fingerprint density at radius 3 is 2.80 bits per heavy atom. The molecule has 1 aliphatic rings. The van der Waals surface area contributed by atoms with Crippen LogP contribution in [0.4, 0.5) is 11.6 Å². The molecule has 0 amide bonds. The summed E-state index contributed by atoms with van der Waals surface area (Å²) in [5.74, 6) is 0.0725. The van der Waals surface area contributed by atoms with Gasteiger partial charge in [-0.05, 0) is 42.7 Å². The highest BCUT2D eigenvalue weighted by molar-refractivity contribution is 7.92. The maximum Gasteiger partial charge on any atom is 0.264 e. The summed E-state index contributed by atoms with van der Waals surface area (Å²) in [6.07, 6.45) is 4.86. The average Bonchev–Trinajstić information content (AvgIpc) is 2.47. The molecule has 0 saturated heterocycles. The van der Waals surface area contributed by atoms with E-state index in [1.54, 1.807) is 24.3 Å². The summed E-state index contributed by atoms with van der Waals surface area (Å²) in [4.78, 5) is 7.96. The van der Waals surface area contributed by atoms with E-state index in [0.29, 0.717) is 0 Å². The molecule has 1 aromatic carbocycles. The molecule has 0 bridgehead atoms. The van der Waals surface area contributed by atoms with Gasteiger partial charge in [-0.1, -0.05) is 0 Å². The number of nitrogens with zero attached hydrogens (tertiary/aromatic N) is 2. The SMILES string of the molecule is O=S(=O)(Nc1ncccn1)c1ccc2c(c1)CCCN2. The Bertz CT molecular complexity index is 716. The fraction of sp³-hybridized carbons (Fsp3) is 0.231. The van der Waals surface area contributed by atoms with Crippen molar-refractivity contribution in [3.05, 3.63) is 42.2 Å². The monoisotopic (exact) mass is 290 g/mol. The van der Waals surface area contributed by atoms with Gasteiger partial charge in [0.1, 0.15) is 0 Å². The molecule has 104 valence electrons. The lowest BCUT2D eigenvalue weighted by Gasteiger charge is -2.18. The molecule has 7 heteroatoms. The summed E-state index contributed by atoms with van der Waals surface area (Å²) in [7, 11) is -3.65. The summed E-state index contributed by atoms with van der Waals surface area (Å²) >= 11 is 0. The Morgan fingerprint density at radius 2 is 2.00 bits per heavy atom. The van der Waals surface area contributed by atoms with Crippen molar-refractivity contribution in [2.24, 2.45) is 0 Å². The van der Waals surface area contributed by atoms with Gasteiger partial charge in [-0.15, -0.1) is 0 Å². The highest BCUT2D eigenvalue weighted by Crippen LogP contribution is 2.25. The van der Waals surface area contributed by atoms with Crippen LogP contribution >= 0.6 is 0 Å². The van der Waals surface area contributed by atoms with Crippen molar-refractivity contribution >= 4 is 21.7 Å². The molecule has 0 aliphatic carbocycles. The molecule has 0 saturated carbocycles. The number of fused-ring (bicyclic) bond motifs is 1. The number of hydrogen-bond acceptors (Lipinski definition) is 5. The smallest absolute Gasteiger partial charge is 0.264 e. The third kappa shape index (κ3) is 2.57. The lowest BCUT2D eigenvalue weighted by molar-refractivity contribution is 0.600. The lowest BCUT2D eigenvalue weighted by Crippen LogP contribution is -2.17. The van der Waals surface area contributed by atoms with Gasteiger partial charge in [-0.3, -0.25) is 0 Å². The number of rotatable bonds is 3. The number of anilines is 2. The molecule has 0 unspecified atom stereocenters. The largest absolute Gasteiger partial charge is 0.385 e. The number of aromatic nitrogens is 2. The second-order valence-corrected chi connectivity index (χ2v) is 6.21. The van der Waals surface area contributed by atoms with Crippen LogP contribution in [0, 0.1) is 0 Å². The molecule has 2 aromatic rings. The molecule has 6 nitrogen and oxygen atoms in total. The second kappa shape index (κ2) is 5.09. The van der Waals surface area contributed by atoms with Gasteiger partial charge in [0.15, 0.2) is 0 Å². The number of sulfonamides is 1. The third-order valence-corrected chi connectivity index (χ3v) is 4.44. The Morgan fingerprint density at radius 1 is 1.20 bits per heavy atom. The van der Waals surface area contributed by atoms with E-state index < -0.39 is 10.0 Å². The van der Waals surface area contributed by atoms with Gasteiger partial charge in [-0.2, -0.15) is 0 Å². The molecule has 0 atom stereocenters. The molecule has 0 spiro atoms. The van der Waals surface area contributed by atoms with E-state index in [4.69, 9.17) is 0 Å². The quantitative estimate of drug-likeness (QED) is 0.897. The summed E-state index contributed by atoms with van der Waals surface area (Å²) in [6.45, 7) is 0.926. The van der Waals surface area contributed by atoms with Crippen LogP contribution in [0.2, 0.25) is 0 Å². The Balaban J connectivity index is 1.91. The maximum atomic E-state index is 12.3. The minimum Gasteiger partial charge on any atom is -0.385 e. The molecule has 2 heterocycles. The zero-order valence-corrected chi connectivity index (χ0v) is 11.5. The summed E-state index contributed by atoms with van der Waals surface area (Å²) in [5, 5.41) is 3.25. The van der Waals surface area contributed by atoms with Crippen LogP contribution in [0.1, 0.15) is 12.0 Å². The molecular formula is C13H14N4O2S. The van der Waals surface area contributed by atoms with E-state index in [2.05, 4.69) is 20.0 Å². The summed E-state index contributed by atoms with van der Waals surface area (Å²) < 4.78 is 26.9. The normalized spacial score (nSPS) is 14.2.